The normalized spacial score (nSPS) is 10.9. The van der Waals surface area contributed by atoms with Crippen LogP contribution in [0.15, 0.2) is 48.5 Å². The molecular weight excluding hydrogens is 362 g/mol. The van der Waals surface area contributed by atoms with E-state index in [1.54, 1.807) is 36.4 Å². The molecule has 23 heavy (non-hydrogen) atoms. The molecule has 0 saturated heterocycles. The first kappa shape index (κ1) is 17.7. The lowest BCUT2D eigenvalue weighted by Crippen LogP contribution is -2.14. The fourth-order valence-electron chi connectivity index (χ4n) is 1.64. The predicted molar refractivity (Wildman–Crippen MR) is 88.6 cm³/mol. The van der Waals surface area contributed by atoms with Crippen molar-refractivity contribution in [3.05, 3.63) is 58.6 Å². The Labute approximate surface area is 143 Å². The molecule has 0 atom stereocenters. The van der Waals surface area contributed by atoms with Gasteiger partial charge in [-0.2, -0.15) is 0 Å². The smallest absolute Gasteiger partial charge is 0.442 e. The van der Waals surface area contributed by atoms with Gasteiger partial charge in [0.15, 0.2) is 6.16 Å². The molecule has 2 rings (SSSR count). The van der Waals surface area contributed by atoms with Crippen LogP contribution in [-0.4, -0.2) is 19.2 Å². The molecule has 5 nitrogen and oxygen atoms in total. The first-order valence-electron chi connectivity index (χ1n) is 6.47. The zero-order valence-electron chi connectivity index (χ0n) is 12.1. The molecule has 8 heteroatoms. The van der Waals surface area contributed by atoms with Crippen molar-refractivity contribution in [3.63, 3.8) is 0 Å². The van der Waals surface area contributed by atoms with Crippen LogP contribution in [0.3, 0.4) is 0 Å². The van der Waals surface area contributed by atoms with Gasteiger partial charge in [0.1, 0.15) is 11.5 Å². The maximum absolute atomic E-state index is 13.0. The average Bonchev–Trinajstić information content (AvgIpc) is 2.52. The fourth-order valence-corrected chi connectivity index (χ4v) is 3.63. The first-order valence-corrected chi connectivity index (χ1v) is 8.96. The van der Waals surface area contributed by atoms with Crippen LogP contribution in [0, 0.1) is 0 Å². The van der Waals surface area contributed by atoms with Crippen molar-refractivity contribution in [1.29, 1.82) is 0 Å². The van der Waals surface area contributed by atoms with Gasteiger partial charge < -0.3 is 13.8 Å². The lowest BCUT2D eigenvalue weighted by molar-refractivity contribution is -0.137. The van der Waals surface area contributed by atoms with Crippen LogP contribution in [-0.2, 0) is 14.1 Å². The van der Waals surface area contributed by atoms with Gasteiger partial charge in [0, 0.05) is 0 Å². The Kier molecular flexibility index (Phi) is 5.94. The summed E-state index contributed by atoms with van der Waals surface area (Å²) in [7, 11) is -2.75. The Morgan fingerprint density at radius 1 is 0.957 bits per heavy atom. The summed E-state index contributed by atoms with van der Waals surface area (Å²) >= 11 is 12.0. The van der Waals surface area contributed by atoms with Gasteiger partial charge in [0.05, 0.1) is 17.2 Å². The van der Waals surface area contributed by atoms with E-state index >= 15 is 0 Å². The summed E-state index contributed by atoms with van der Waals surface area (Å²) in [6.07, 6.45) is -0.583. The molecule has 0 fully saturated rings. The van der Waals surface area contributed by atoms with Crippen LogP contribution >= 0.6 is 30.8 Å². The Morgan fingerprint density at radius 2 is 1.39 bits per heavy atom. The summed E-state index contributed by atoms with van der Waals surface area (Å²) in [5.41, 5.74) is 0. The summed E-state index contributed by atoms with van der Waals surface area (Å²) in [5, 5.41) is 0.473. The molecule has 2 aromatic rings. The molecule has 0 unspecified atom stereocenters. The maximum Gasteiger partial charge on any atom is 0.442 e. The van der Waals surface area contributed by atoms with E-state index in [1.807, 2.05) is 0 Å². The highest BCUT2D eigenvalue weighted by Gasteiger charge is 2.34. The third kappa shape index (κ3) is 4.90. The van der Waals surface area contributed by atoms with Crippen molar-refractivity contribution in [1.82, 2.24) is 0 Å². The molecule has 122 valence electrons. The van der Waals surface area contributed by atoms with Crippen molar-refractivity contribution in [2.75, 3.05) is 13.3 Å². The maximum atomic E-state index is 13.0. The van der Waals surface area contributed by atoms with E-state index in [-0.39, 0.29) is 21.5 Å². The predicted octanol–water partition coefficient (Wildman–Crippen LogP) is 4.82. The Morgan fingerprint density at radius 3 is 1.78 bits per heavy atom. The second-order valence-electron chi connectivity index (χ2n) is 4.39. The van der Waals surface area contributed by atoms with E-state index in [9.17, 15) is 9.36 Å². The number of carbonyl (C=O) groups is 1. The van der Waals surface area contributed by atoms with E-state index in [2.05, 4.69) is 4.74 Å². The molecule has 0 bridgehead atoms. The lowest BCUT2D eigenvalue weighted by atomic mass is 10.3. The zero-order chi connectivity index (χ0) is 16.9. The summed E-state index contributed by atoms with van der Waals surface area (Å²) in [6.45, 7) is 0. The number of rotatable bonds is 6. The van der Waals surface area contributed by atoms with E-state index in [0.717, 1.165) is 0 Å². The molecule has 0 heterocycles. The third-order valence-electron chi connectivity index (χ3n) is 2.70. The number of hydrogen-bond acceptors (Lipinski definition) is 5. The van der Waals surface area contributed by atoms with Crippen molar-refractivity contribution in [2.24, 2.45) is 0 Å². The molecule has 0 amide bonds. The molecule has 0 aliphatic rings. The van der Waals surface area contributed by atoms with Gasteiger partial charge in [0.2, 0.25) is 0 Å². The van der Waals surface area contributed by atoms with Crippen LogP contribution in [0.25, 0.3) is 0 Å². The van der Waals surface area contributed by atoms with Gasteiger partial charge in [0.25, 0.3) is 0 Å². The largest absolute Gasteiger partial charge is 0.468 e. The average molecular weight is 375 g/mol. The van der Waals surface area contributed by atoms with E-state index in [4.69, 9.17) is 32.2 Å². The topological polar surface area (TPSA) is 61.8 Å². The van der Waals surface area contributed by atoms with Crippen LogP contribution in [0.4, 0.5) is 0 Å². The number of esters is 1. The molecule has 0 spiro atoms. The van der Waals surface area contributed by atoms with Gasteiger partial charge in [-0.1, -0.05) is 47.5 Å². The number of methoxy groups -OCH3 is 1. The Hall–Kier alpha value is -1.68. The van der Waals surface area contributed by atoms with E-state index in [0.29, 0.717) is 0 Å². The first-order chi connectivity index (χ1) is 10.9. The van der Waals surface area contributed by atoms with Crippen LogP contribution in [0.5, 0.6) is 11.5 Å². The summed E-state index contributed by atoms with van der Waals surface area (Å²) in [5.74, 6) is -0.477. The Bertz CT molecular complexity index is 699. The fraction of sp³-hybridized carbons (Fsp3) is 0.133. The summed E-state index contributed by atoms with van der Waals surface area (Å²) in [6, 6.07) is 12.8. The van der Waals surface area contributed by atoms with Crippen molar-refractivity contribution >= 4 is 36.8 Å². The molecular formula is C15H13Cl2O5P. The summed E-state index contributed by atoms with van der Waals surface area (Å²) in [4.78, 5) is 11.6. The second-order valence-corrected chi connectivity index (χ2v) is 7.11. The number of benzene rings is 2. The van der Waals surface area contributed by atoms with Crippen LogP contribution < -0.4 is 9.05 Å². The number of para-hydroxylation sites is 2. The minimum atomic E-state index is -3.93. The van der Waals surface area contributed by atoms with Crippen LogP contribution in [0.2, 0.25) is 10.0 Å². The second kappa shape index (κ2) is 7.73. The molecule has 0 aliphatic carbocycles. The number of carbonyl (C=O) groups excluding carboxylic acids is 1. The quantitative estimate of drug-likeness (QED) is 0.535. The van der Waals surface area contributed by atoms with Crippen LogP contribution in [0.1, 0.15) is 0 Å². The highest BCUT2D eigenvalue weighted by molar-refractivity contribution is 7.55. The molecule has 0 N–H and O–H groups in total. The van der Waals surface area contributed by atoms with Crippen molar-refractivity contribution < 1.29 is 23.1 Å². The molecule has 0 aromatic heterocycles. The van der Waals surface area contributed by atoms with E-state index in [1.165, 1.54) is 19.2 Å². The molecule has 2 aromatic carbocycles. The van der Waals surface area contributed by atoms with E-state index < -0.39 is 19.7 Å². The van der Waals surface area contributed by atoms with Crippen molar-refractivity contribution in [3.8, 4) is 11.5 Å². The summed E-state index contributed by atoms with van der Waals surface area (Å²) < 4.78 is 28.3. The van der Waals surface area contributed by atoms with Crippen molar-refractivity contribution in [2.45, 2.75) is 0 Å². The highest BCUT2D eigenvalue weighted by Crippen LogP contribution is 2.51. The molecule has 0 saturated carbocycles. The molecule has 0 aliphatic heterocycles. The van der Waals surface area contributed by atoms with Gasteiger partial charge >= 0.3 is 13.6 Å². The third-order valence-corrected chi connectivity index (χ3v) is 4.92. The van der Waals surface area contributed by atoms with Gasteiger partial charge in [-0.3, -0.25) is 4.79 Å². The monoisotopic (exact) mass is 374 g/mol. The van der Waals surface area contributed by atoms with Gasteiger partial charge in [-0.05, 0) is 24.3 Å². The minimum absolute atomic E-state index is 0.133. The number of halogens is 2. The molecule has 0 radical (unpaired) electrons. The SMILES string of the molecule is COC(=O)CP(=O)(Oc1ccccc1Cl)Oc1ccccc1Cl. The number of ether oxygens (including phenoxy) is 1. The Balaban J connectivity index is 2.32. The van der Waals surface area contributed by atoms with Gasteiger partial charge in [-0.25, -0.2) is 4.57 Å². The lowest BCUT2D eigenvalue weighted by Gasteiger charge is -2.20. The minimum Gasteiger partial charge on any atom is -0.468 e. The standard InChI is InChI=1S/C15H13Cl2O5P/c1-20-15(18)10-23(19,21-13-8-4-2-6-11(13)16)22-14-9-5-3-7-12(14)17/h2-9H,10H2,1H3. The zero-order valence-corrected chi connectivity index (χ0v) is 14.5. The highest BCUT2D eigenvalue weighted by atomic mass is 35.5. The van der Waals surface area contributed by atoms with Gasteiger partial charge in [-0.15, -0.1) is 0 Å². The number of hydrogen-bond donors (Lipinski definition) is 0.